The van der Waals surface area contributed by atoms with E-state index in [0.29, 0.717) is 18.2 Å². The van der Waals surface area contributed by atoms with Crippen LogP contribution < -0.4 is 5.73 Å². The summed E-state index contributed by atoms with van der Waals surface area (Å²) in [5, 5.41) is 0. The molecule has 0 saturated heterocycles. The highest BCUT2D eigenvalue weighted by Crippen LogP contribution is 2.20. The van der Waals surface area contributed by atoms with E-state index in [4.69, 9.17) is 5.73 Å². The number of benzene rings is 1. The number of nitrogen functional groups attached to an aromatic ring is 1. The molecule has 1 unspecified atom stereocenters. The molecule has 2 N–H and O–H groups in total. The molecule has 1 atom stereocenters. The fourth-order valence-corrected chi connectivity index (χ4v) is 2.49. The summed E-state index contributed by atoms with van der Waals surface area (Å²) in [6.45, 7) is 0.645. The predicted molar refractivity (Wildman–Crippen MR) is 75.8 cm³/mol. The van der Waals surface area contributed by atoms with E-state index < -0.39 is 10.8 Å². The molecule has 0 saturated carbocycles. The number of rotatable bonds is 3. The van der Waals surface area contributed by atoms with Gasteiger partial charge in [-0.2, -0.15) is 0 Å². The molecule has 6 heteroatoms. The van der Waals surface area contributed by atoms with Crippen LogP contribution in [-0.2, 0) is 17.3 Å². The van der Waals surface area contributed by atoms with Gasteiger partial charge in [0.2, 0.25) is 5.95 Å². The van der Waals surface area contributed by atoms with Crippen molar-refractivity contribution in [3.05, 3.63) is 21.8 Å². The van der Waals surface area contributed by atoms with Crippen LogP contribution in [0, 0.1) is 3.57 Å². The Kier molecular flexibility index (Phi) is 3.48. The maximum atomic E-state index is 11.1. The van der Waals surface area contributed by atoms with Gasteiger partial charge >= 0.3 is 0 Å². The Morgan fingerprint density at radius 1 is 1.56 bits per heavy atom. The van der Waals surface area contributed by atoms with Crippen molar-refractivity contribution in [2.45, 2.75) is 6.54 Å². The SMILES string of the molecule is CS(=O)CCn1c(N)nc2cc(I)ccc21. The zero-order chi connectivity index (χ0) is 11.7. The van der Waals surface area contributed by atoms with Crippen molar-refractivity contribution in [3.63, 3.8) is 0 Å². The first-order valence-electron chi connectivity index (χ1n) is 4.79. The molecule has 0 aliphatic heterocycles. The lowest BCUT2D eigenvalue weighted by Crippen LogP contribution is -2.09. The third-order valence-electron chi connectivity index (χ3n) is 2.34. The molecular formula is C10H12IN3OS. The fraction of sp³-hybridized carbons (Fsp3) is 0.300. The van der Waals surface area contributed by atoms with E-state index >= 15 is 0 Å². The summed E-state index contributed by atoms with van der Waals surface area (Å²) in [7, 11) is -0.811. The zero-order valence-corrected chi connectivity index (χ0v) is 11.8. The maximum absolute atomic E-state index is 11.1. The van der Waals surface area contributed by atoms with Gasteiger partial charge in [-0.05, 0) is 40.8 Å². The third-order valence-corrected chi connectivity index (χ3v) is 3.77. The monoisotopic (exact) mass is 349 g/mol. The molecule has 0 spiro atoms. The zero-order valence-electron chi connectivity index (χ0n) is 8.81. The highest BCUT2D eigenvalue weighted by Gasteiger charge is 2.08. The average molecular weight is 349 g/mol. The molecule has 0 aliphatic carbocycles. The summed E-state index contributed by atoms with van der Waals surface area (Å²) < 4.78 is 14.1. The van der Waals surface area contributed by atoms with Crippen molar-refractivity contribution >= 4 is 50.4 Å². The third kappa shape index (κ3) is 2.37. The summed E-state index contributed by atoms with van der Waals surface area (Å²) >= 11 is 2.24. The average Bonchev–Trinajstić information content (AvgIpc) is 2.50. The van der Waals surface area contributed by atoms with Gasteiger partial charge in [-0.1, -0.05) is 0 Å². The van der Waals surface area contributed by atoms with E-state index in [-0.39, 0.29) is 0 Å². The van der Waals surface area contributed by atoms with Gasteiger partial charge in [-0.3, -0.25) is 4.21 Å². The van der Waals surface area contributed by atoms with Crippen molar-refractivity contribution in [2.75, 3.05) is 17.7 Å². The number of aromatic nitrogens is 2. The molecule has 0 bridgehead atoms. The Hall–Kier alpha value is -0.630. The van der Waals surface area contributed by atoms with E-state index in [1.54, 1.807) is 6.26 Å². The van der Waals surface area contributed by atoms with E-state index in [2.05, 4.69) is 27.6 Å². The first-order valence-corrected chi connectivity index (χ1v) is 7.60. The van der Waals surface area contributed by atoms with Crippen molar-refractivity contribution in [1.29, 1.82) is 0 Å². The molecule has 0 aliphatic rings. The van der Waals surface area contributed by atoms with Crippen molar-refractivity contribution < 1.29 is 4.21 Å². The molecular weight excluding hydrogens is 337 g/mol. The maximum Gasteiger partial charge on any atom is 0.201 e. The molecule has 1 heterocycles. The number of nitrogens with zero attached hydrogens (tertiary/aromatic N) is 2. The van der Waals surface area contributed by atoms with Crippen molar-refractivity contribution in [3.8, 4) is 0 Å². The van der Waals surface area contributed by atoms with Crippen LogP contribution in [0.5, 0.6) is 0 Å². The number of hydrogen-bond donors (Lipinski definition) is 1. The summed E-state index contributed by atoms with van der Waals surface area (Å²) in [6, 6.07) is 6.01. The van der Waals surface area contributed by atoms with Gasteiger partial charge in [0, 0.05) is 32.9 Å². The van der Waals surface area contributed by atoms with Gasteiger partial charge in [0.05, 0.1) is 11.0 Å². The van der Waals surface area contributed by atoms with Crippen LogP contribution in [-0.4, -0.2) is 25.8 Å². The lowest BCUT2D eigenvalue weighted by Gasteiger charge is -2.04. The number of imidazole rings is 1. The second-order valence-corrected chi connectivity index (χ2v) is 6.33. The molecule has 2 aromatic rings. The highest BCUT2D eigenvalue weighted by molar-refractivity contribution is 14.1. The van der Waals surface area contributed by atoms with E-state index in [1.165, 1.54) is 0 Å². The Bertz CT molecular complexity index is 552. The van der Waals surface area contributed by atoms with Gasteiger partial charge in [-0.15, -0.1) is 0 Å². The van der Waals surface area contributed by atoms with Crippen molar-refractivity contribution in [1.82, 2.24) is 9.55 Å². The van der Waals surface area contributed by atoms with Crippen LogP contribution in [0.25, 0.3) is 11.0 Å². The van der Waals surface area contributed by atoms with Gasteiger partial charge in [-0.25, -0.2) is 4.98 Å². The Balaban J connectivity index is 2.43. The van der Waals surface area contributed by atoms with Crippen LogP contribution in [0.15, 0.2) is 18.2 Å². The second-order valence-electron chi connectivity index (χ2n) is 3.53. The number of hydrogen-bond acceptors (Lipinski definition) is 3. The molecule has 0 radical (unpaired) electrons. The lowest BCUT2D eigenvalue weighted by atomic mass is 10.3. The number of halogens is 1. The van der Waals surface area contributed by atoms with Gasteiger partial charge in [0.15, 0.2) is 0 Å². The standard InChI is InChI=1S/C10H12IN3OS/c1-16(15)5-4-14-9-3-2-7(11)6-8(9)13-10(14)12/h2-3,6H,4-5H2,1H3,(H2,12,13). The molecule has 4 nitrogen and oxygen atoms in total. The smallest absolute Gasteiger partial charge is 0.201 e. The number of anilines is 1. The fourth-order valence-electron chi connectivity index (χ4n) is 1.58. The van der Waals surface area contributed by atoms with Gasteiger partial charge in [0.25, 0.3) is 0 Å². The molecule has 2 rings (SSSR count). The number of aryl methyl sites for hydroxylation is 1. The summed E-state index contributed by atoms with van der Waals surface area (Å²) in [4.78, 5) is 4.29. The second kappa shape index (κ2) is 4.70. The molecule has 0 amide bonds. The van der Waals surface area contributed by atoms with E-state index in [0.717, 1.165) is 14.6 Å². The first-order chi connectivity index (χ1) is 7.58. The van der Waals surface area contributed by atoms with Crippen LogP contribution >= 0.6 is 22.6 Å². The van der Waals surface area contributed by atoms with Crippen LogP contribution in [0.3, 0.4) is 0 Å². The van der Waals surface area contributed by atoms with Crippen LogP contribution in [0.2, 0.25) is 0 Å². The molecule has 86 valence electrons. The minimum Gasteiger partial charge on any atom is -0.369 e. The molecule has 1 aromatic heterocycles. The quantitative estimate of drug-likeness (QED) is 0.857. The minimum atomic E-state index is -0.811. The Morgan fingerprint density at radius 2 is 2.31 bits per heavy atom. The van der Waals surface area contributed by atoms with Gasteiger partial charge < -0.3 is 10.3 Å². The van der Waals surface area contributed by atoms with Crippen molar-refractivity contribution in [2.24, 2.45) is 0 Å². The van der Waals surface area contributed by atoms with Crippen LogP contribution in [0.4, 0.5) is 5.95 Å². The molecule has 1 aromatic carbocycles. The summed E-state index contributed by atoms with van der Waals surface area (Å²) in [5.74, 6) is 1.09. The Labute approximate surface area is 110 Å². The van der Waals surface area contributed by atoms with E-state index in [9.17, 15) is 4.21 Å². The summed E-state index contributed by atoms with van der Waals surface area (Å²) in [6.07, 6.45) is 1.69. The first kappa shape index (κ1) is 11.8. The topological polar surface area (TPSA) is 60.9 Å². The Morgan fingerprint density at radius 3 is 3.00 bits per heavy atom. The lowest BCUT2D eigenvalue weighted by molar-refractivity contribution is 0.680. The summed E-state index contributed by atoms with van der Waals surface area (Å²) in [5.41, 5.74) is 7.74. The van der Waals surface area contributed by atoms with Gasteiger partial charge in [0.1, 0.15) is 0 Å². The van der Waals surface area contributed by atoms with Crippen LogP contribution in [0.1, 0.15) is 0 Å². The van der Waals surface area contributed by atoms with E-state index in [1.807, 2.05) is 22.8 Å². The molecule has 16 heavy (non-hydrogen) atoms. The number of nitrogens with two attached hydrogens (primary N) is 1. The molecule has 0 fully saturated rings. The predicted octanol–water partition coefficient (Wildman–Crippen LogP) is 1.60. The normalized spacial score (nSPS) is 13.1. The minimum absolute atomic E-state index is 0.488. The number of fused-ring (bicyclic) bond motifs is 1. The highest BCUT2D eigenvalue weighted by atomic mass is 127. The largest absolute Gasteiger partial charge is 0.369 e.